The fraction of sp³-hybridized carbons (Fsp3) is 0.133. The number of para-hydroxylation sites is 1. The third-order valence-electron chi connectivity index (χ3n) is 6.50. The number of anilines is 2. The van der Waals surface area contributed by atoms with Crippen molar-refractivity contribution in [3.63, 3.8) is 0 Å². The number of benzene rings is 3. The van der Waals surface area contributed by atoms with E-state index in [2.05, 4.69) is 20.4 Å². The van der Waals surface area contributed by atoms with Crippen LogP contribution in [-0.2, 0) is 27.3 Å². The minimum absolute atomic E-state index is 0.0132. The molecule has 2 aromatic heterocycles. The Labute approximate surface area is 263 Å². The van der Waals surface area contributed by atoms with Crippen LogP contribution in [0.3, 0.4) is 0 Å². The van der Waals surface area contributed by atoms with E-state index in [0.29, 0.717) is 21.9 Å². The van der Waals surface area contributed by atoms with Gasteiger partial charge in [0.1, 0.15) is 16.7 Å². The molecular weight excluding hydrogens is 619 g/mol. The number of rotatable bonds is 10. The summed E-state index contributed by atoms with van der Waals surface area (Å²) >= 11 is -1.15. The quantitative estimate of drug-likeness (QED) is 0.0647. The molecule has 5 rings (SSSR count). The van der Waals surface area contributed by atoms with Crippen LogP contribution in [0.25, 0.3) is 10.2 Å². The SMILES string of the molecule is CC(=O)O/N=C(/N)c1cccc(CC(c2nc3ccccc3s2)N(c2cccc(NC(=O)c3ccnn3C(C)=O)c2)S(=O)O)c1. The van der Waals surface area contributed by atoms with Gasteiger partial charge in [0.25, 0.3) is 17.2 Å². The Morgan fingerprint density at radius 3 is 2.60 bits per heavy atom. The van der Waals surface area contributed by atoms with Gasteiger partial charge in [-0.2, -0.15) is 9.78 Å². The number of oxime groups is 1. The zero-order valence-corrected chi connectivity index (χ0v) is 25.6. The molecule has 0 radical (unpaired) electrons. The first kappa shape index (κ1) is 31.2. The number of nitrogens with one attached hydrogen (secondary N) is 1. The van der Waals surface area contributed by atoms with E-state index in [9.17, 15) is 23.1 Å². The maximum atomic E-state index is 13.1. The standard InChI is InChI=1S/C30H27N7O6S2/c1-18(38)36-25(13-14-32-36)29(40)33-22-9-6-10-23(17-22)37(45(41)42)26(30-34-24-11-3-4-12-27(24)44-30)16-20-7-5-8-21(15-20)28(31)35-43-19(2)39/h3-15,17,26H,16H2,1-2H3,(H2,31,35)(H,33,40)(H,41,42). The Morgan fingerprint density at radius 1 is 1.09 bits per heavy atom. The van der Waals surface area contributed by atoms with Crippen LogP contribution in [-0.4, -0.2) is 47.1 Å². The van der Waals surface area contributed by atoms with Gasteiger partial charge in [-0.25, -0.2) is 14.0 Å². The number of amides is 1. The maximum absolute atomic E-state index is 13.1. The molecule has 4 N–H and O–H groups in total. The first-order valence-corrected chi connectivity index (χ1v) is 15.3. The Morgan fingerprint density at radius 2 is 1.87 bits per heavy atom. The van der Waals surface area contributed by atoms with Crippen molar-refractivity contribution in [3.8, 4) is 0 Å². The van der Waals surface area contributed by atoms with E-state index in [4.69, 9.17) is 10.7 Å². The largest absolute Gasteiger partial charge is 0.380 e. The van der Waals surface area contributed by atoms with Crippen molar-refractivity contribution in [1.29, 1.82) is 0 Å². The number of hydrogen-bond donors (Lipinski definition) is 3. The van der Waals surface area contributed by atoms with Gasteiger partial charge in [-0.05, 0) is 48.0 Å². The fourth-order valence-electron chi connectivity index (χ4n) is 4.57. The number of fused-ring (bicyclic) bond motifs is 1. The van der Waals surface area contributed by atoms with E-state index in [0.717, 1.165) is 20.5 Å². The second-order valence-electron chi connectivity index (χ2n) is 9.71. The summed E-state index contributed by atoms with van der Waals surface area (Å²) < 4.78 is 26.9. The average molecular weight is 646 g/mol. The highest BCUT2D eigenvalue weighted by Crippen LogP contribution is 2.36. The highest BCUT2D eigenvalue weighted by atomic mass is 32.2. The van der Waals surface area contributed by atoms with E-state index in [1.54, 1.807) is 42.5 Å². The molecule has 0 saturated heterocycles. The molecule has 13 nitrogen and oxygen atoms in total. The first-order valence-electron chi connectivity index (χ1n) is 13.4. The summed E-state index contributed by atoms with van der Waals surface area (Å²) in [4.78, 5) is 45.5. The third kappa shape index (κ3) is 7.29. The number of hydrogen-bond acceptors (Lipinski definition) is 9. The predicted molar refractivity (Wildman–Crippen MR) is 171 cm³/mol. The Balaban J connectivity index is 1.53. The smallest absolute Gasteiger partial charge is 0.332 e. The Kier molecular flexibility index (Phi) is 9.42. The fourth-order valence-corrected chi connectivity index (χ4v) is 6.38. The van der Waals surface area contributed by atoms with Gasteiger partial charge in [0.05, 0.1) is 22.1 Å². The minimum atomic E-state index is -2.54. The summed E-state index contributed by atoms with van der Waals surface area (Å²) in [6.45, 7) is 2.50. The lowest BCUT2D eigenvalue weighted by atomic mass is 10.0. The van der Waals surface area contributed by atoms with Crippen LogP contribution in [0.1, 0.15) is 51.3 Å². The summed E-state index contributed by atoms with van der Waals surface area (Å²) in [6.07, 6.45) is 1.56. The van der Waals surface area contributed by atoms with Gasteiger partial charge in [0.2, 0.25) is 5.91 Å². The number of thiazole rings is 1. The van der Waals surface area contributed by atoms with Gasteiger partial charge < -0.3 is 15.9 Å². The van der Waals surface area contributed by atoms with Crippen LogP contribution >= 0.6 is 11.3 Å². The van der Waals surface area contributed by atoms with Crippen molar-refractivity contribution < 1.29 is 28.0 Å². The van der Waals surface area contributed by atoms with E-state index in [-0.39, 0.29) is 18.0 Å². The minimum Gasteiger partial charge on any atom is -0.380 e. The van der Waals surface area contributed by atoms with E-state index >= 15 is 0 Å². The Bertz CT molecular complexity index is 1920. The maximum Gasteiger partial charge on any atom is 0.332 e. The lowest BCUT2D eigenvalue weighted by Crippen LogP contribution is -2.32. The molecular formula is C30H27N7O6S2. The van der Waals surface area contributed by atoms with Crippen LogP contribution in [0, 0.1) is 0 Å². The van der Waals surface area contributed by atoms with Crippen molar-refractivity contribution in [2.45, 2.75) is 26.3 Å². The molecule has 15 heteroatoms. The molecule has 0 aliphatic heterocycles. The molecule has 1 amide bonds. The zero-order chi connectivity index (χ0) is 32.1. The molecule has 230 valence electrons. The molecule has 0 bridgehead atoms. The van der Waals surface area contributed by atoms with Crippen LogP contribution in [0.4, 0.5) is 11.4 Å². The van der Waals surface area contributed by atoms with Gasteiger partial charge in [0, 0.05) is 31.5 Å². The molecule has 2 atom stereocenters. The van der Waals surface area contributed by atoms with Gasteiger partial charge in [-0.1, -0.05) is 41.6 Å². The normalized spacial score (nSPS) is 12.8. The first-order chi connectivity index (χ1) is 21.6. The zero-order valence-electron chi connectivity index (χ0n) is 24.0. The molecule has 2 unspecified atom stereocenters. The third-order valence-corrected chi connectivity index (χ3v) is 8.44. The number of carbonyl (C=O) groups is 3. The van der Waals surface area contributed by atoms with E-state index in [1.807, 2.05) is 30.3 Å². The van der Waals surface area contributed by atoms with E-state index < -0.39 is 35.1 Å². The lowest BCUT2D eigenvalue weighted by Gasteiger charge is -2.29. The molecule has 0 spiro atoms. The number of nitrogens with zero attached hydrogens (tertiary/aromatic N) is 5. The Hall–Kier alpha value is -5.25. The number of carbonyl (C=O) groups excluding carboxylic acids is 3. The van der Waals surface area contributed by atoms with Crippen molar-refractivity contribution in [2.75, 3.05) is 9.62 Å². The van der Waals surface area contributed by atoms with Crippen molar-refractivity contribution in [2.24, 2.45) is 10.9 Å². The van der Waals surface area contributed by atoms with Crippen molar-refractivity contribution in [1.82, 2.24) is 14.8 Å². The highest BCUT2D eigenvalue weighted by Gasteiger charge is 2.29. The van der Waals surface area contributed by atoms with Crippen LogP contribution in [0.2, 0.25) is 0 Å². The summed E-state index contributed by atoms with van der Waals surface area (Å²) in [5, 5.41) is 10.8. The van der Waals surface area contributed by atoms with Crippen LogP contribution in [0.15, 0.2) is 90.2 Å². The predicted octanol–water partition coefficient (Wildman–Crippen LogP) is 4.52. The molecule has 3 aromatic carbocycles. The molecule has 0 aliphatic rings. The summed E-state index contributed by atoms with van der Waals surface area (Å²) in [5.74, 6) is -1.64. The molecule has 45 heavy (non-hydrogen) atoms. The van der Waals surface area contributed by atoms with Crippen LogP contribution in [0.5, 0.6) is 0 Å². The summed E-state index contributed by atoms with van der Waals surface area (Å²) in [6, 6.07) is 21.7. The number of nitrogens with two attached hydrogens (primary N) is 1. The second-order valence-corrected chi connectivity index (χ2v) is 11.6. The van der Waals surface area contributed by atoms with Crippen molar-refractivity contribution in [3.05, 3.63) is 107 Å². The van der Waals surface area contributed by atoms with Crippen molar-refractivity contribution >= 4 is 67.8 Å². The molecule has 2 heterocycles. The topological polar surface area (TPSA) is 182 Å². The molecule has 5 aromatic rings. The molecule has 0 fully saturated rings. The lowest BCUT2D eigenvalue weighted by molar-refractivity contribution is -0.140. The summed E-state index contributed by atoms with van der Waals surface area (Å²) in [7, 11) is 0. The number of aromatic nitrogens is 3. The average Bonchev–Trinajstić information content (AvgIpc) is 3.68. The summed E-state index contributed by atoms with van der Waals surface area (Å²) in [5.41, 5.74) is 8.67. The van der Waals surface area contributed by atoms with E-state index in [1.165, 1.54) is 41.8 Å². The molecule has 0 saturated carbocycles. The van der Waals surface area contributed by atoms with Gasteiger partial charge in [-0.3, -0.25) is 18.4 Å². The van der Waals surface area contributed by atoms with Gasteiger partial charge >= 0.3 is 5.97 Å². The van der Waals surface area contributed by atoms with Gasteiger partial charge in [-0.15, -0.1) is 11.3 Å². The van der Waals surface area contributed by atoms with Crippen LogP contribution < -0.4 is 15.4 Å². The molecule has 0 aliphatic carbocycles. The highest BCUT2D eigenvalue weighted by molar-refractivity contribution is 7.80. The number of amidine groups is 1. The monoisotopic (exact) mass is 645 g/mol. The van der Waals surface area contributed by atoms with Gasteiger partial charge in [0.15, 0.2) is 5.84 Å². The second kappa shape index (κ2) is 13.6.